The molecule has 0 aliphatic heterocycles. The van der Waals surface area contributed by atoms with Crippen LogP contribution in [0.1, 0.15) is 16.8 Å². The summed E-state index contributed by atoms with van der Waals surface area (Å²) in [5, 5.41) is 11.2. The van der Waals surface area contributed by atoms with E-state index < -0.39 is 17.9 Å². The van der Waals surface area contributed by atoms with Crippen LogP contribution in [0, 0.1) is 0 Å². The molecule has 1 rings (SSSR count). The number of amides is 1. The summed E-state index contributed by atoms with van der Waals surface area (Å²) in [5.41, 5.74) is 0.434. The average molecular weight is 242 g/mol. The van der Waals surface area contributed by atoms with E-state index in [9.17, 15) is 9.59 Å². The minimum atomic E-state index is -1.08. The number of hydrogen-bond acceptors (Lipinski definition) is 2. The molecule has 1 aromatic rings. The SMILES string of the molecule is O=C(NC(CCCl)C(=O)O)c1ccccc1. The zero-order valence-corrected chi connectivity index (χ0v) is 9.28. The van der Waals surface area contributed by atoms with Gasteiger partial charge in [-0.15, -0.1) is 11.6 Å². The predicted octanol–water partition coefficient (Wildman–Crippen LogP) is 1.50. The van der Waals surface area contributed by atoms with Gasteiger partial charge in [-0.05, 0) is 18.6 Å². The molecule has 0 aliphatic rings. The number of hydrogen-bond donors (Lipinski definition) is 2. The van der Waals surface area contributed by atoms with Crippen LogP contribution in [0.2, 0.25) is 0 Å². The number of rotatable bonds is 5. The molecule has 0 bridgehead atoms. The van der Waals surface area contributed by atoms with Gasteiger partial charge in [-0.2, -0.15) is 0 Å². The van der Waals surface area contributed by atoms with Crippen LogP contribution in [-0.2, 0) is 4.79 Å². The van der Waals surface area contributed by atoms with Crippen molar-refractivity contribution in [1.29, 1.82) is 0 Å². The van der Waals surface area contributed by atoms with Crippen LogP contribution in [0.15, 0.2) is 30.3 Å². The minimum Gasteiger partial charge on any atom is -0.480 e. The molecular formula is C11H12ClNO3. The normalized spacial score (nSPS) is 11.8. The number of benzene rings is 1. The Morgan fingerprint density at radius 3 is 2.44 bits per heavy atom. The number of halogens is 1. The molecule has 1 atom stereocenters. The van der Waals surface area contributed by atoms with Gasteiger partial charge in [-0.1, -0.05) is 18.2 Å². The highest BCUT2D eigenvalue weighted by Crippen LogP contribution is 2.01. The van der Waals surface area contributed by atoms with Crippen LogP contribution in [0.5, 0.6) is 0 Å². The van der Waals surface area contributed by atoms with Crippen LogP contribution >= 0.6 is 11.6 Å². The largest absolute Gasteiger partial charge is 0.480 e. The Bertz CT molecular complexity index is 367. The van der Waals surface area contributed by atoms with Gasteiger partial charge in [0.25, 0.3) is 5.91 Å². The van der Waals surface area contributed by atoms with E-state index in [0.29, 0.717) is 5.56 Å². The van der Waals surface area contributed by atoms with Crippen molar-refractivity contribution in [2.75, 3.05) is 5.88 Å². The summed E-state index contributed by atoms with van der Waals surface area (Å²) in [4.78, 5) is 22.4. The first-order chi connectivity index (χ1) is 7.65. The van der Waals surface area contributed by atoms with Crippen molar-refractivity contribution < 1.29 is 14.7 Å². The Hall–Kier alpha value is -1.55. The first-order valence-electron chi connectivity index (χ1n) is 4.80. The highest BCUT2D eigenvalue weighted by atomic mass is 35.5. The summed E-state index contributed by atoms with van der Waals surface area (Å²) in [5.74, 6) is -1.30. The number of alkyl halides is 1. The lowest BCUT2D eigenvalue weighted by molar-refractivity contribution is -0.139. The molecule has 0 aromatic heterocycles. The highest BCUT2D eigenvalue weighted by Gasteiger charge is 2.19. The van der Waals surface area contributed by atoms with E-state index in [4.69, 9.17) is 16.7 Å². The van der Waals surface area contributed by atoms with Gasteiger partial charge in [0.1, 0.15) is 6.04 Å². The Morgan fingerprint density at radius 1 is 1.31 bits per heavy atom. The van der Waals surface area contributed by atoms with Gasteiger partial charge in [-0.3, -0.25) is 4.79 Å². The number of carbonyl (C=O) groups excluding carboxylic acids is 1. The van der Waals surface area contributed by atoms with E-state index in [1.807, 2.05) is 0 Å². The quantitative estimate of drug-likeness (QED) is 0.768. The fraction of sp³-hybridized carbons (Fsp3) is 0.273. The summed E-state index contributed by atoms with van der Waals surface area (Å²) in [6.07, 6.45) is 0.204. The molecule has 0 heterocycles. The monoisotopic (exact) mass is 241 g/mol. The van der Waals surface area contributed by atoms with E-state index in [1.165, 1.54) is 0 Å². The second-order valence-electron chi connectivity index (χ2n) is 3.21. The van der Waals surface area contributed by atoms with Gasteiger partial charge in [0.05, 0.1) is 0 Å². The smallest absolute Gasteiger partial charge is 0.326 e. The van der Waals surface area contributed by atoms with E-state index >= 15 is 0 Å². The van der Waals surface area contributed by atoms with Crippen LogP contribution in [0.25, 0.3) is 0 Å². The zero-order chi connectivity index (χ0) is 12.0. The maximum Gasteiger partial charge on any atom is 0.326 e. The van der Waals surface area contributed by atoms with Crippen LogP contribution in [-0.4, -0.2) is 28.9 Å². The standard InChI is InChI=1S/C11H12ClNO3/c12-7-6-9(11(15)16)13-10(14)8-4-2-1-3-5-8/h1-5,9H,6-7H2,(H,13,14)(H,15,16). The lowest BCUT2D eigenvalue weighted by Crippen LogP contribution is -2.41. The van der Waals surface area contributed by atoms with Crippen molar-refractivity contribution in [1.82, 2.24) is 5.32 Å². The summed E-state index contributed by atoms with van der Waals surface area (Å²) in [7, 11) is 0. The summed E-state index contributed by atoms with van der Waals surface area (Å²) in [6, 6.07) is 7.51. The third-order valence-electron chi connectivity index (χ3n) is 2.04. The van der Waals surface area contributed by atoms with Crippen LogP contribution < -0.4 is 5.32 Å². The van der Waals surface area contributed by atoms with Gasteiger partial charge in [-0.25, -0.2) is 4.79 Å². The molecular weight excluding hydrogens is 230 g/mol. The van der Waals surface area contributed by atoms with Gasteiger partial charge < -0.3 is 10.4 Å². The summed E-state index contributed by atoms with van der Waals surface area (Å²) >= 11 is 5.46. The number of carboxylic acid groups (broad SMARTS) is 1. The first-order valence-corrected chi connectivity index (χ1v) is 5.33. The molecule has 1 unspecified atom stereocenters. The molecule has 0 radical (unpaired) electrons. The molecule has 0 spiro atoms. The molecule has 5 heteroatoms. The van der Waals surface area contributed by atoms with Crippen molar-refractivity contribution in [2.24, 2.45) is 0 Å². The minimum absolute atomic E-state index is 0.187. The zero-order valence-electron chi connectivity index (χ0n) is 8.52. The fourth-order valence-electron chi connectivity index (χ4n) is 1.20. The molecule has 4 nitrogen and oxygen atoms in total. The van der Waals surface area contributed by atoms with Gasteiger partial charge in [0, 0.05) is 11.4 Å². The second-order valence-corrected chi connectivity index (χ2v) is 3.59. The first kappa shape index (κ1) is 12.5. The lowest BCUT2D eigenvalue weighted by Gasteiger charge is -2.12. The van der Waals surface area contributed by atoms with Crippen molar-refractivity contribution >= 4 is 23.5 Å². The third kappa shape index (κ3) is 3.55. The number of carbonyl (C=O) groups is 2. The maximum absolute atomic E-state index is 11.6. The van der Waals surface area contributed by atoms with Crippen LogP contribution in [0.3, 0.4) is 0 Å². The van der Waals surface area contributed by atoms with Crippen molar-refractivity contribution in [3.8, 4) is 0 Å². The van der Waals surface area contributed by atoms with Crippen molar-refractivity contribution in [3.05, 3.63) is 35.9 Å². The molecule has 1 aromatic carbocycles. The lowest BCUT2D eigenvalue weighted by atomic mass is 10.1. The molecule has 0 aliphatic carbocycles. The van der Waals surface area contributed by atoms with Crippen molar-refractivity contribution in [3.63, 3.8) is 0 Å². The number of carboxylic acids is 1. The predicted molar refractivity (Wildman–Crippen MR) is 60.7 cm³/mol. The Morgan fingerprint density at radius 2 is 1.94 bits per heavy atom. The molecule has 2 N–H and O–H groups in total. The van der Waals surface area contributed by atoms with Gasteiger partial charge in [0.15, 0.2) is 0 Å². The Kier molecular flexibility index (Phi) is 4.79. The van der Waals surface area contributed by atoms with E-state index in [2.05, 4.69) is 5.32 Å². The number of aliphatic carboxylic acids is 1. The average Bonchev–Trinajstić information content (AvgIpc) is 2.29. The van der Waals surface area contributed by atoms with Gasteiger partial charge in [0.2, 0.25) is 0 Å². The molecule has 1 amide bonds. The van der Waals surface area contributed by atoms with E-state index in [0.717, 1.165) is 0 Å². The molecule has 0 saturated heterocycles. The third-order valence-corrected chi connectivity index (χ3v) is 2.26. The molecule has 86 valence electrons. The Balaban J connectivity index is 2.65. The summed E-state index contributed by atoms with van der Waals surface area (Å²) < 4.78 is 0. The molecule has 0 saturated carbocycles. The summed E-state index contributed by atoms with van der Waals surface area (Å²) in [6.45, 7) is 0. The van der Waals surface area contributed by atoms with Crippen molar-refractivity contribution in [2.45, 2.75) is 12.5 Å². The van der Waals surface area contributed by atoms with E-state index in [1.54, 1.807) is 30.3 Å². The Labute approximate surface area is 98.2 Å². The van der Waals surface area contributed by atoms with Gasteiger partial charge >= 0.3 is 5.97 Å². The fourth-order valence-corrected chi connectivity index (χ4v) is 1.42. The molecule has 16 heavy (non-hydrogen) atoms. The number of nitrogens with one attached hydrogen (secondary N) is 1. The van der Waals surface area contributed by atoms with E-state index in [-0.39, 0.29) is 12.3 Å². The topological polar surface area (TPSA) is 66.4 Å². The second kappa shape index (κ2) is 6.12. The maximum atomic E-state index is 11.6. The van der Waals surface area contributed by atoms with Crippen LogP contribution in [0.4, 0.5) is 0 Å². The highest BCUT2D eigenvalue weighted by molar-refractivity contribution is 6.18. The molecule has 0 fully saturated rings.